The van der Waals surface area contributed by atoms with Crippen molar-refractivity contribution in [1.29, 1.82) is 0 Å². The summed E-state index contributed by atoms with van der Waals surface area (Å²) in [5.74, 6) is 0. The first-order valence-electron chi connectivity index (χ1n) is 9.75. The van der Waals surface area contributed by atoms with Gasteiger partial charge in [0, 0.05) is 5.56 Å². The van der Waals surface area contributed by atoms with Crippen LogP contribution >= 0.6 is 0 Å². The van der Waals surface area contributed by atoms with E-state index < -0.39 is 11.7 Å². The number of aryl methyl sites for hydroxylation is 1. The van der Waals surface area contributed by atoms with E-state index in [-0.39, 0.29) is 6.04 Å². The summed E-state index contributed by atoms with van der Waals surface area (Å²) >= 11 is 0. The second kappa shape index (κ2) is 8.86. The molecule has 150 valence electrons. The smallest absolute Gasteiger partial charge is 0.408 e. The molecule has 1 amide bonds. The van der Waals surface area contributed by atoms with Crippen LogP contribution in [0.4, 0.5) is 4.79 Å². The van der Waals surface area contributed by atoms with Crippen molar-refractivity contribution in [2.24, 2.45) is 0 Å². The molecule has 0 unspecified atom stereocenters. The average molecular weight is 389 g/mol. The number of carbonyl (C=O) groups excluding carboxylic acids is 1. The van der Waals surface area contributed by atoms with Crippen molar-refractivity contribution < 1.29 is 9.53 Å². The highest BCUT2D eigenvalue weighted by Crippen LogP contribution is 2.26. The van der Waals surface area contributed by atoms with Gasteiger partial charge in [0.05, 0.1) is 17.4 Å². The number of nitrogens with one attached hydrogen (secondary N) is 1. The van der Waals surface area contributed by atoms with Crippen molar-refractivity contribution in [3.05, 3.63) is 83.7 Å². The van der Waals surface area contributed by atoms with Gasteiger partial charge < -0.3 is 10.1 Å². The van der Waals surface area contributed by atoms with Crippen LogP contribution in [0.5, 0.6) is 0 Å². The molecule has 1 heterocycles. The molecule has 5 heteroatoms. The lowest BCUT2D eigenvalue weighted by atomic mass is 9.99. The Labute approximate surface area is 172 Å². The van der Waals surface area contributed by atoms with Crippen molar-refractivity contribution in [3.8, 4) is 11.1 Å². The maximum Gasteiger partial charge on any atom is 0.408 e. The van der Waals surface area contributed by atoms with E-state index in [0.717, 1.165) is 22.4 Å². The van der Waals surface area contributed by atoms with Crippen LogP contribution in [-0.2, 0) is 11.2 Å². The SMILES string of the molecule is Cc1nnc([C@H](Cc2ccccc2)NC(=O)OC(C)(C)C)cc1-c1ccccc1. The van der Waals surface area contributed by atoms with Gasteiger partial charge in [0.25, 0.3) is 0 Å². The van der Waals surface area contributed by atoms with Crippen LogP contribution in [-0.4, -0.2) is 21.9 Å². The molecular formula is C24H27N3O2. The predicted octanol–water partition coefficient (Wildman–Crippen LogP) is 5.26. The van der Waals surface area contributed by atoms with Gasteiger partial charge in [-0.2, -0.15) is 10.2 Å². The summed E-state index contributed by atoms with van der Waals surface area (Å²) in [6, 6.07) is 21.7. The second-order valence-corrected chi connectivity index (χ2v) is 8.02. The van der Waals surface area contributed by atoms with Crippen LogP contribution in [0.3, 0.4) is 0 Å². The summed E-state index contributed by atoms with van der Waals surface area (Å²) in [4.78, 5) is 12.5. The van der Waals surface area contributed by atoms with E-state index in [4.69, 9.17) is 4.74 Å². The number of aromatic nitrogens is 2. The summed E-state index contributed by atoms with van der Waals surface area (Å²) in [6.45, 7) is 7.47. The maximum atomic E-state index is 12.5. The highest BCUT2D eigenvalue weighted by molar-refractivity contribution is 5.69. The number of alkyl carbamates (subject to hydrolysis) is 1. The van der Waals surface area contributed by atoms with Crippen LogP contribution in [0.25, 0.3) is 11.1 Å². The van der Waals surface area contributed by atoms with E-state index in [1.165, 1.54) is 0 Å². The second-order valence-electron chi connectivity index (χ2n) is 8.02. The first kappa shape index (κ1) is 20.5. The van der Waals surface area contributed by atoms with Crippen LogP contribution < -0.4 is 5.32 Å². The summed E-state index contributed by atoms with van der Waals surface area (Å²) < 4.78 is 5.47. The Morgan fingerprint density at radius 2 is 1.62 bits per heavy atom. The molecule has 0 saturated heterocycles. The molecule has 3 aromatic rings. The monoisotopic (exact) mass is 389 g/mol. The highest BCUT2D eigenvalue weighted by atomic mass is 16.6. The van der Waals surface area contributed by atoms with Crippen molar-refractivity contribution in [1.82, 2.24) is 15.5 Å². The molecule has 1 N–H and O–H groups in total. The number of hydrogen-bond donors (Lipinski definition) is 1. The molecule has 0 aliphatic carbocycles. The number of ether oxygens (including phenoxy) is 1. The van der Waals surface area contributed by atoms with Gasteiger partial charge in [-0.1, -0.05) is 60.7 Å². The molecule has 0 aliphatic heterocycles. The molecule has 0 radical (unpaired) electrons. The number of nitrogens with zero attached hydrogens (tertiary/aromatic N) is 2. The molecule has 0 fully saturated rings. The Hall–Kier alpha value is -3.21. The van der Waals surface area contributed by atoms with Gasteiger partial charge in [-0.15, -0.1) is 0 Å². The first-order valence-corrected chi connectivity index (χ1v) is 9.75. The van der Waals surface area contributed by atoms with E-state index in [1.807, 2.05) is 94.4 Å². The highest BCUT2D eigenvalue weighted by Gasteiger charge is 2.23. The predicted molar refractivity (Wildman–Crippen MR) is 114 cm³/mol. The zero-order chi connectivity index (χ0) is 20.9. The molecule has 1 atom stereocenters. The number of carbonyl (C=O) groups is 1. The quantitative estimate of drug-likeness (QED) is 0.646. The molecule has 0 aliphatic rings. The fourth-order valence-corrected chi connectivity index (χ4v) is 3.08. The minimum atomic E-state index is -0.574. The lowest BCUT2D eigenvalue weighted by Crippen LogP contribution is -2.36. The fourth-order valence-electron chi connectivity index (χ4n) is 3.08. The van der Waals surface area contributed by atoms with Gasteiger partial charge in [-0.3, -0.25) is 0 Å². The summed E-state index contributed by atoms with van der Waals surface area (Å²) in [7, 11) is 0. The minimum Gasteiger partial charge on any atom is -0.444 e. The standard InChI is InChI=1S/C24H27N3O2/c1-17-20(19-13-9-6-10-14-19)16-22(27-26-17)21(15-18-11-7-5-8-12-18)25-23(28)29-24(2,3)4/h5-14,16,21H,15H2,1-4H3,(H,25,28)/t21-/m0/s1. The van der Waals surface area contributed by atoms with E-state index in [2.05, 4.69) is 15.5 Å². The molecular weight excluding hydrogens is 362 g/mol. The number of benzene rings is 2. The Morgan fingerprint density at radius 1 is 1.00 bits per heavy atom. The van der Waals surface area contributed by atoms with Gasteiger partial charge >= 0.3 is 6.09 Å². The topological polar surface area (TPSA) is 64.1 Å². The van der Waals surface area contributed by atoms with Crippen molar-refractivity contribution in [3.63, 3.8) is 0 Å². The van der Waals surface area contributed by atoms with Crippen LogP contribution in [0.1, 0.15) is 43.8 Å². The molecule has 5 nitrogen and oxygen atoms in total. The van der Waals surface area contributed by atoms with Crippen LogP contribution in [0, 0.1) is 6.92 Å². The van der Waals surface area contributed by atoms with E-state index in [0.29, 0.717) is 12.1 Å². The van der Waals surface area contributed by atoms with Gasteiger partial charge in [0.1, 0.15) is 5.60 Å². The first-order chi connectivity index (χ1) is 13.8. The fraction of sp³-hybridized carbons (Fsp3) is 0.292. The van der Waals surface area contributed by atoms with Gasteiger partial charge in [0.2, 0.25) is 0 Å². The number of hydrogen-bond acceptors (Lipinski definition) is 4. The third kappa shape index (κ3) is 5.88. The minimum absolute atomic E-state index is 0.359. The lowest BCUT2D eigenvalue weighted by molar-refractivity contribution is 0.0502. The Morgan fingerprint density at radius 3 is 2.24 bits per heavy atom. The molecule has 3 rings (SSSR count). The third-order valence-electron chi connectivity index (χ3n) is 4.41. The Bertz CT molecular complexity index is 951. The maximum absolute atomic E-state index is 12.5. The average Bonchev–Trinajstić information content (AvgIpc) is 2.68. The van der Waals surface area contributed by atoms with Gasteiger partial charge in [-0.25, -0.2) is 4.79 Å². The van der Waals surface area contributed by atoms with Crippen LogP contribution in [0.2, 0.25) is 0 Å². The molecule has 1 aromatic heterocycles. The molecule has 0 saturated carbocycles. The summed E-state index contributed by atoms with van der Waals surface area (Å²) in [5.41, 5.74) is 4.13. The molecule has 29 heavy (non-hydrogen) atoms. The molecule has 2 aromatic carbocycles. The zero-order valence-corrected chi connectivity index (χ0v) is 17.3. The van der Waals surface area contributed by atoms with E-state index in [1.54, 1.807) is 0 Å². The number of rotatable bonds is 5. The molecule has 0 spiro atoms. The van der Waals surface area contributed by atoms with Crippen LogP contribution in [0.15, 0.2) is 66.7 Å². The van der Waals surface area contributed by atoms with Crippen molar-refractivity contribution >= 4 is 6.09 Å². The van der Waals surface area contributed by atoms with Gasteiger partial charge in [0.15, 0.2) is 0 Å². The Balaban J connectivity index is 1.94. The Kier molecular flexibility index (Phi) is 6.27. The van der Waals surface area contributed by atoms with Crippen molar-refractivity contribution in [2.75, 3.05) is 0 Å². The van der Waals surface area contributed by atoms with E-state index in [9.17, 15) is 4.79 Å². The lowest BCUT2D eigenvalue weighted by Gasteiger charge is -2.24. The third-order valence-corrected chi connectivity index (χ3v) is 4.41. The van der Waals surface area contributed by atoms with Crippen molar-refractivity contribution in [2.45, 2.75) is 45.8 Å². The summed E-state index contributed by atoms with van der Waals surface area (Å²) in [5, 5.41) is 11.7. The number of amides is 1. The van der Waals surface area contributed by atoms with Gasteiger partial charge in [-0.05, 0) is 51.3 Å². The largest absolute Gasteiger partial charge is 0.444 e. The van der Waals surface area contributed by atoms with E-state index >= 15 is 0 Å². The molecule has 0 bridgehead atoms. The zero-order valence-electron chi connectivity index (χ0n) is 17.3. The summed E-state index contributed by atoms with van der Waals surface area (Å²) in [6.07, 6.45) is 0.119. The normalized spacial score (nSPS) is 12.3.